The summed E-state index contributed by atoms with van der Waals surface area (Å²) in [5.41, 5.74) is 3.13. The molecule has 4 nitrogen and oxygen atoms in total. The normalized spacial score (nSPS) is 11.1. The molecule has 1 heterocycles. The van der Waals surface area contributed by atoms with Gasteiger partial charge in [-0.1, -0.05) is 38.3 Å². The molecule has 92 valence electrons. The maximum Gasteiger partial charge on any atom is 0.117 e. The van der Waals surface area contributed by atoms with Crippen molar-refractivity contribution in [3.63, 3.8) is 0 Å². The number of aromatic amines is 1. The zero-order valence-corrected chi connectivity index (χ0v) is 10.4. The fourth-order valence-corrected chi connectivity index (χ4v) is 1.97. The van der Waals surface area contributed by atoms with E-state index in [1.54, 1.807) is 0 Å². The lowest BCUT2D eigenvalue weighted by atomic mass is 10.1. The van der Waals surface area contributed by atoms with Crippen molar-refractivity contribution in [1.82, 2.24) is 20.7 Å². The summed E-state index contributed by atoms with van der Waals surface area (Å²) in [5, 5.41) is 14.4. The number of unbranched alkanes of at least 4 members (excludes halogenated alkanes) is 3. The molecule has 4 heteroatoms. The third kappa shape index (κ3) is 3.27. The smallest absolute Gasteiger partial charge is 0.117 e. The highest BCUT2D eigenvalue weighted by atomic mass is 15.3. The van der Waals surface area contributed by atoms with Crippen molar-refractivity contribution in [2.75, 3.05) is 6.54 Å². The van der Waals surface area contributed by atoms with Crippen LogP contribution in [0.3, 0.4) is 0 Å². The van der Waals surface area contributed by atoms with Crippen molar-refractivity contribution >= 4 is 11.0 Å². The molecule has 0 aliphatic heterocycles. The number of rotatable bonds is 7. The van der Waals surface area contributed by atoms with Crippen molar-refractivity contribution in [2.24, 2.45) is 0 Å². The SMILES string of the molecule is CCCCCCNCc1cccc2n[nH]nc12. The van der Waals surface area contributed by atoms with E-state index >= 15 is 0 Å². The molecule has 0 atom stereocenters. The minimum atomic E-state index is 0.871. The highest BCUT2D eigenvalue weighted by Gasteiger charge is 2.03. The fraction of sp³-hybridized carbons (Fsp3) is 0.538. The maximum atomic E-state index is 4.17. The molecule has 0 spiro atoms. The van der Waals surface area contributed by atoms with E-state index in [-0.39, 0.29) is 0 Å². The first-order valence-corrected chi connectivity index (χ1v) is 6.41. The average Bonchev–Trinajstić information content (AvgIpc) is 2.82. The molecule has 2 aromatic rings. The largest absolute Gasteiger partial charge is 0.313 e. The van der Waals surface area contributed by atoms with Crippen LogP contribution in [0.1, 0.15) is 38.2 Å². The number of para-hydroxylation sites is 1. The molecule has 0 bridgehead atoms. The summed E-state index contributed by atoms with van der Waals surface area (Å²) in [7, 11) is 0. The lowest BCUT2D eigenvalue weighted by Gasteiger charge is -2.04. The monoisotopic (exact) mass is 232 g/mol. The summed E-state index contributed by atoms with van der Waals surface area (Å²) in [6.07, 6.45) is 5.19. The van der Waals surface area contributed by atoms with E-state index in [2.05, 4.69) is 33.7 Å². The molecular formula is C13H20N4. The Morgan fingerprint density at radius 1 is 1.18 bits per heavy atom. The number of hydrogen-bond acceptors (Lipinski definition) is 3. The van der Waals surface area contributed by atoms with Gasteiger partial charge in [0.25, 0.3) is 0 Å². The van der Waals surface area contributed by atoms with Crippen molar-refractivity contribution in [3.05, 3.63) is 23.8 Å². The predicted octanol–water partition coefficient (Wildman–Crippen LogP) is 2.63. The molecule has 0 unspecified atom stereocenters. The molecular weight excluding hydrogens is 212 g/mol. The van der Waals surface area contributed by atoms with E-state index < -0.39 is 0 Å². The van der Waals surface area contributed by atoms with Crippen molar-refractivity contribution in [1.29, 1.82) is 0 Å². The minimum absolute atomic E-state index is 0.871. The van der Waals surface area contributed by atoms with E-state index in [4.69, 9.17) is 0 Å². The Labute approximate surface area is 102 Å². The van der Waals surface area contributed by atoms with Crippen LogP contribution in [-0.4, -0.2) is 22.0 Å². The van der Waals surface area contributed by atoms with Gasteiger partial charge in [0.15, 0.2) is 0 Å². The van der Waals surface area contributed by atoms with Crippen LogP contribution in [0, 0.1) is 0 Å². The predicted molar refractivity (Wildman–Crippen MR) is 69.7 cm³/mol. The van der Waals surface area contributed by atoms with Gasteiger partial charge >= 0.3 is 0 Å². The first-order chi connectivity index (χ1) is 8.42. The summed E-state index contributed by atoms with van der Waals surface area (Å²) in [5.74, 6) is 0. The van der Waals surface area contributed by atoms with Crippen LogP contribution in [0.4, 0.5) is 0 Å². The molecule has 0 fully saturated rings. The Morgan fingerprint density at radius 2 is 2.12 bits per heavy atom. The first kappa shape index (κ1) is 12.0. The van der Waals surface area contributed by atoms with Gasteiger partial charge in [-0.15, -0.1) is 0 Å². The maximum absolute atomic E-state index is 4.17. The van der Waals surface area contributed by atoms with Crippen LogP contribution in [-0.2, 0) is 6.54 Å². The van der Waals surface area contributed by atoms with Gasteiger partial charge in [0.2, 0.25) is 0 Å². The van der Waals surface area contributed by atoms with Gasteiger partial charge in [0, 0.05) is 6.54 Å². The van der Waals surface area contributed by atoms with Crippen molar-refractivity contribution < 1.29 is 0 Å². The second-order valence-corrected chi connectivity index (χ2v) is 4.35. The van der Waals surface area contributed by atoms with Crippen molar-refractivity contribution in [2.45, 2.75) is 39.2 Å². The van der Waals surface area contributed by atoms with Gasteiger partial charge in [-0.25, -0.2) is 0 Å². The number of aromatic nitrogens is 3. The second kappa shape index (κ2) is 6.35. The van der Waals surface area contributed by atoms with E-state index in [1.807, 2.05) is 12.1 Å². The number of benzene rings is 1. The van der Waals surface area contributed by atoms with Gasteiger partial charge in [-0.3, -0.25) is 0 Å². The number of hydrogen-bond donors (Lipinski definition) is 2. The highest BCUT2D eigenvalue weighted by Crippen LogP contribution is 2.12. The second-order valence-electron chi connectivity index (χ2n) is 4.35. The molecule has 0 aliphatic carbocycles. The Balaban J connectivity index is 1.80. The van der Waals surface area contributed by atoms with E-state index in [0.29, 0.717) is 0 Å². The highest BCUT2D eigenvalue weighted by molar-refractivity contribution is 5.77. The lowest BCUT2D eigenvalue weighted by molar-refractivity contribution is 0.599. The Morgan fingerprint density at radius 3 is 3.00 bits per heavy atom. The molecule has 0 amide bonds. The topological polar surface area (TPSA) is 53.6 Å². The third-order valence-electron chi connectivity index (χ3n) is 2.95. The molecule has 0 saturated heterocycles. The first-order valence-electron chi connectivity index (χ1n) is 6.41. The van der Waals surface area contributed by atoms with Gasteiger partial charge in [-0.05, 0) is 24.6 Å². The van der Waals surface area contributed by atoms with E-state index in [9.17, 15) is 0 Å². The summed E-state index contributed by atoms with van der Waals surface area (Å²) >= 11 is 0. The summed E-state index contributed by atoms with van der Waals surface area (Å²) < 4.78 is 0. The number of fused-ring (bicyclic) bond motifs is 1. The fourth-order valence-electron chi connectivity index (χ4n) is 1.97. The standard InChI is InChI=1S/C13H20N4/c1-2-3-4-5-9-14-10-11-7-6-8-12-13(11)16-17-15-12/h6-8,14H,2-5,9-10H2,1H3,(H,15,16,17). The van der Waals surface area contributed by atoms with Crippen LogP contribution >= 0.6 is 0 Å². The number of H-pyrrole nitrogens is 1. The molecule has 2 rings (SSSR count). The van der Waals surface area contributed by atoms with Crippen molar-refractivity contribution in [3.8, 4) is 0 Å². The summed E-state index contributed by atoms with van der Waals surface area (Å²) in [6, 6.07) is 6.10. The van der Waals surface area contributed by atoms with E-state index in [1.165, 1.54) is 31.2 Å². The van der Waals surface area contributed by atoms with Crippen LogP contribution in [0.25, 0.3) is 11.0 Å². The quantitative estimate of drug-likeness (QED) is 0.721. The Kier molecular flexibility index (Phi) is 4.50. The molecule has 17 heavy (non-hydrogen) atoms. The van der Waals surface area contributed by atoms with Gasteiger partial charge in [-0.2, -0.15) is 15.4 Å². The minimum Gasteiger partial charge on any atom is -0.313 e. The molecule has 0 radical (unpaired) electrons. The van der Waals surface area contributed by atoms with Crippen LogP contribution < -0.4 is 5.32 Å². The van der Waals surface area contributed by atoms with E-state index in [0.717, 1.165) is 24.1 Å². The Bertz CT molecular complexity index is 449. The summed E-state index contributed by atoms with van der Waals surface area (Å²) in [6.45, 7) is 4.18. The number of nitrogens with zero attached hydrogens (tertiary/aromatic N) is 2. The number of nitrogens with one attached hydrogen (secondary N) is 2. The van der Waals surface area contributed by atoms with Gasteiger partial charge in [0.05, 0.1) is 0 Å². The molecule has 1 aromatic carbocycles. The van der Waals surface area contributed by atoms with Gasteiger partial charge in [0.1, 0.15) is 11.0 Å². The zero-order chi connectivity index (χ0) is 11.9. The molecule has 0 aliphatic rings. The van der Waals surface area contributed by atoms with Gasteiger partial charge < -0.3 is 5.32 Å². The Hall–Kier alpha value is -1.42. The average molecular weight is 232 g/mol. The van der Waals surface area contributed by atoms with Crippen LogP contribution in [0.5, 0.6) is 0 Å². The summed E-state index contributed by atoms with van der Waals surface area (Å²) in [4.78, 5) is 0. The van der Waals surface area contributed by atoms with Crippen LogP contribution in [0.2, 0.25) is 0 Å². The third-order valence-corrected chi connectivity index (χ3v) is 2.95. The molecule has 0 saturated carbocycles. The lowest BCUT2D eigenvalue weighted by Crippen LogP contribution is -2.14. The van der Waals surface area contributed by atoms with Crippen LogP contribution in [0.15, 0.2) is 18.2 Å². The molecule has 2 N–H and O–H groups in total. The molecule has 1 aromatic heterocycles. The zero-order valence-electron chi connectivity index (χ0n) is 10.4.